The molecule has 5 rings (SSSR count). The third kappa shape index (κ3) is 3.05. The fraction of sp³-hybridized carbons (Fsp3) is 0.0435. The van der Waals surface area contributed by atoms with E-state index in [1.807, 2.05) is 55.5 Å². The van der Waals surface area contributed by atoms with E-state index in [1.54, 1.807) is 18.2 Å². The number of furan rings is 1. The summed E-state index contributed by atoms with van der Waals surface area (Å²) in [5.74, 6) is 0.348. The Morgan fingerprint density at radius 1 is 0.966 bits per heavy atom. The van der Waals surface area contributed by atoms with Crippen LogP contribution in [0.25, 0.3) is 33.5 Å². The van der Waals surface area contributed by atoms with Gasteiger partial charge in [-0.2, -0.15) is 0 Å². The van der Waals surface area contributed by atoms with Crippen LogP contribution in [0.1, 0.15) is 16.1 Å². The number of hydrogen-bond acceptors (Lipinski definition) is 4. The summed E-state index contributed by atoms with van der Waals surface area (Å²) in [7, 11) is 0. The molecule has 1 amide bonds. The first kappa shape index (κ1) is 17.5. The molecule has 5 nitrogen and oxygen atoms in total. The van der Waals surface area contributed by atoms with E-state index in [-0.39, 0.29) is 11.7 Å². The Morgan fingerprint density at radius 2 is 1.72 bits per heavy atom. The van der Waals surface area contributed by atoms with Crippen LogP contribution < -0.4 is 5.32 Å². The van der Waals surface area contributed by atoms with E-state index in [1.165, 1.54) is 0 Å². The second kappa shape index (κ2) is 6.79. The number of para-hydroxylation sites is 3. The second-order valence-corrected chi connectivity index (χ2v) is 7.10. The van der Waals surface area contributed by atoms with Gasteiger partial charge in [-0.05, 0) is 43.3 Å². The number of carbonyl (C=O) groups is 1. The Kier molecular flexibility index (Phi) is 4.11. The Labute approximate surface area is 170 Å². The topological polar surface area (TPSA) is 68.3 Å². The van der Waals surface area contributed by atoms with Crippen molar-refractivity contribution in [2.24, 2.45) is 0 Å². The molecule has 0 atom stereocenters. The smallest absolute Gasteiger partial charge is 0.291 e. The Balaban J connectivity index is 1.49. The van der Waals surface area contributed by atoms with E-state index in [9.17, 15) is 4.79 Å². The van der Waals surface area contributed by atoms with E-state index in [4.69, 9.17) is 20.4 Å². The molecule has 29 heavy (non-hydrogen) atoms. The zero-order valence-electron chi connectivity index (χ0n) is 15.4. The van der Waals surface area contributed by atoms with E-state index in [0.717, 1.165) is 16.5 Å². The zero-order valence-corrected chi connectivity index (χ0v) is 16.2. The quantitative estimate of drug-likeness (QED) is 0.376. The van der Waals surface area contributed by atoms with Gasteiger partial charge in [0.15, 0.2) is 11.3 Å². The number of aryl methyl sites for hydroxylation is 1. The molecule has 2 aromatic heterocycles. The fourth-order valence-electron chi connectivity index (χ4n) is 3.33. The van der Waals surface area contributed by atoms with Crippen LogP contribution in [0, 0.1) is 6.92 Å². The number of fused-ring (bicyclic) bond motifs is 2. The molecule has 0 unspecified atom stereocenters. The molecule has 142 valence electrons. The third-order valence-corrected chi connectivity index (χ3v) is 5.13. The Morgan fingerprint density at radius 3 is 2.52 bits per heavy atom. The number of rotatable bonds is 3. The minimum Gasteiger partial charge on any atom is -0.451 e. The average molecular weight is 403 g/mol. The summed E-state index contributed by atoms with van der Waals surface area (Å²) >= 11 is 6.36. The average Bonchev–Trinajstić information content (AvgIpc) is 3.31. The summed E-state index contributed by atoms with van der Waals surface area (Å²) in [6.07, 6.45) is 0. The molecule has 0 aliphatic rings. The molecule has 0 aliphatic heterocycles. The second-order valence-electron chi connectivity index (χ2n) is 6.69. The first-order valence-electron chi connectivity index (χ1n) is 9.05. The molecule has 0 radical (unpaired) electrons. The molecule has 0 bridgehead atoms. The lowest BCUT2D eigenvalue weighted by molar-refractivity contribution is 0.0998. The van der Waals surface area contributed by atoms with Gasteiger partial charge >= 0.3 is 0 Å². The van der Waals surface area contributed by atoms with Gasteiger partial charge in [0, 0.05) is 16.6 Å². The summed E-state index contributed by atoms with van der Waals surface area (Å²) in [4.78, 5) is 17.3. The number of amides is 1. The largest absolute Gasteiger partial charge is 0.451 e. The highest BCUT2D eigenvalue weighted by Crippen LogP contribution is 2.33. The molecule has 0 saturated heterocycles. The molecule has 6 heteroatoms. The highest BCUT2D eigenvalue weighted by Gasteiger charge is 2.19. The van der Waals surface area contributed by atoms with Crippen molar-refractivity contribution in [3.8, 4) is 11.5 Å². The Hall–Kier alpha value is -3.57. The normalized spacial score (nSPS) is 11.2. The van der Waals surface area contributed by atoms with Gasteiger partial charge in [0.1, 0.15) is 11.1 Å². The monoisotopic (exact) mass is 402 g/mol. The number of nitrogens with one attached hydrogen (secondary N) is 1. The lowest BCUT2D eigenvalue weighted by Crippen LogP contribution is -2.12. The molecule has 1 N–H and O–H groups in total. The van der Waals surface area contributed by atoms with Crippen molar-refractivity contribution in [2.45, 2.75) is 6.92 Å². The summed E-state index contributed by atoms with van der Waals surface area (Å²) in [5.41, 5.74) is 4.06. The summed E-state index contributed by atoms with van der Waals surface area (Å²) < 4.78 is 11.6. The van der Waals surface area contributed by atoms with Crippen LogP contribution in [0.15, 0.2) is 75.6 Å². The van der Waals surface area contributed by atoms with Crippen molar-refractivity contribution >= 4 is 45.3 Å². The lowest BCUT2D eigenvalue weighted by atomic mass is 10.1. The van der Waals surface area contributed by atoms with Crippen LogP contribution in [0.5, 0.6) is 0 Å². The van der Waals surface area contributed by atoms with Crippen LogP contribution in [0.2, 0.25) is 5.02 Å². The predicted octanol–water partition coefficient (Wildman–Crippen LogP) is 6.46. The highest BCUT2D eigenvalue weighted by molar-refractivity contribution is 6.33. The molecule has 0 aliphatic carbocycles. The summed E-state index contributed by atoms with van der Waals surface area (Å²) in [6, 6.07) is 20.2. The van der Waals surface area contributed by atoms with Gasteiger partial charge in [-0.3, -0.25) is 4.79 Å². The van der Waals surface area contributed by atoms with E-state index >= 15 is 0 Å². The van der Waals surface area contributed by atoms with Gasteiger partial charge in [0.25, 0.3) is 5.91 Å². The van der Waals surface area contributed by atoms with Crippen molar-refractivity contribution < 1.29 is 13.6 Å². The number of aromatic nitrogens is 1. The summed E-state index contributed by atoms with van der Waals surface area (Å²) in [6.45, 7) is 1.87. The molecule has 2 heterocycles. The number of carbonyl (C=O) groups excluding carboxylic acids is 1. The number of benzene rings is 3. The third-order valence-electron chi connectivity index (χ3n) is 4.80. The van der Waals surface area contributed by atoms with E-state index < -0.39 is 0 Å². The van der Waals surface area contributed by atoms with Gasteiger partial charge in [-0.1, -0.05) is 41.9 Å². The minimum atomic E-state index is -0.329. The van der Waals surface area contributed by atoms with Crippen molar-refractivity contribution in [1.82, 2.24) is 4.98 Å². The van der Waals surface area contributed by atoms with Gasteiger partial charge in [0.2, 0.25) is 5.89 Å². The van der Waals surface area contributed by atoms with Crippen molar-refractivity contribution in [3.05, 3.63) is 83.1 Å². The molecule has 3 aromatic carbocycles. The maximum atomic E-state index is 12.8. The predicted molar refractivity (Wildman–Crippen MR) is 113 cm³/mol. The summed E-state index contributed by atoms with van der Waals surface area (Å²) in [5, 5.41) is 4.27. The van der Waals surface area contributed by atoms with Crippen LogP contribution in [-0.2, 0) is 0 Å². The van der Waals surface area contributed by atoms with Crippen LogP contribution in [-0.4, -0.2) is 10.9 Å². The van der Waals surface area contributed by atoms with E-state index in [0.29, 0.717) is 33.3 Å². The van der Waals surface area contributed by atoms with Crippen LogP contribution in [0.3, 0.4) is 0 Å². The standard InChI is InChI=1S/C23H15ClN2O3/c1-13-15-6-2-4-8-19(15)28-21(13)22(27)25-14-10-11-17(24)16(12-14)23-26-18-7-3-5-9-20(18)29-23/h2-12H,1H3,(H,25,27). The lowest BCUT2D eigenvalue weighted by Gasteiger charge is -2.07. The van der Waals surface area contributed by atoms with Gasteiger partial charge in [0.05, 0.1) is 10.6 Å². The first-order chi connectivity index (χ1) is 14.1. The van der Waals surface area contributed by atoms with Gasteiger partial charge in [-0.25, -0.2) is 4.98 Å². The van der Waals surface area contributed by atoms with Gasteiger partial charge < -0.3 is 14.2 Å². The Bertz CT molecular complexity index is 1350. The minimum absolute atomic E-state index is 0.282. The molecule has 0 spiro atoms. The zero-order chi connectivity index (χ0) is 20.0. The van der Waals surface area contributed by atoms with Crippen molar-refractivity contribution in [2.75, 3.05) is 5.32 Å². The fourth-order valence-corrected chi connectivity index (χ4v) is 3.53. The number of hydrogen-bond donors (Lipinski definition) is 1. The molecular formula is C23H15ClN2O3. The maximum Gasteiger partial charge on any atom is 0.291 e. The number of halogens is 1. The van der Waals surface area contributed by atoms with Crippen LogP contribution in [0.4, 0.5) is 5.69 Å². The maximum absolute atomic E-state index is 12.8. The highest BCUT2D eigenvalue weighted by atomic mass is 35.5. The van der Waals surface area contributed by atoms with Crippen LogP contribution >= 0.6 is 11.6 Å². The number of nitrogens with zero attached hydrogens (tertiary/aromatic N) is 1. The first-order valence-corrected chi connectivity index (χ1v) is 9.43. The molecule has 0 fully saturated rings. The van der Waals surface area contributed by atoms with Gasteiger partial charge in [-0.15, -0.1) is 0 Å². The number of oxazole rings is 1. The molecule has 5 aromatic rings. The molecule has 0 saturated carbocycles. The van der Waals surface area contributed by atoms with Crippen molar-refractivity contribution in [3.63, 3.8) is 0 Å². The van der Waals surface area contributed by atoms with E-state index in [2.05, 4.69) is 10.3 Å². The van der Waals surface area contributed by atoms with Crippen molar-refractivity contribution in [1.29, 1.82) is 0 Å². The SMILES string of the molecule is Cc1c(C(=O)Nc2ccc(Cl)c(-c3nc4ccccc4o3)c2)oc2ccccc12. The molecular weight excluding hydrogens is 388 g/mol. The number of anilines is 1.